The second kappa shape index (κ2) is 7.56. The van der Waals surface area contributed by atoms with Gasteiger partial charge in [0, 0.05) is 10.8 Å². The van der Waals surface area contributed by atoms with Crippen molar-refractivity contribution in [2.45, 2.75) is 112 Å². The Kier molecular flexibility index (Phi) is 5.51. The average molecular weight is 467 g/mol. The van der Waals surface area contributed by atoms with Gasteiger partial charge in [-0.3, -0.25) is 4.79 Å². The van der Waals surface area contributed by atoms with E-state index >= 15 is 0 Å². The van der Waals surface area contributed by atoms with Crippen LogP contribution in [0, 0.1) is 56.7 Å². The van der Waals surface area contributed by atoms with Crippen LogP contribution in [0.2, 0.25) is 0 Å². The lowest BCUT2D eigenvalue weighted by Crippen LogP contribution is -2.67. The molecule has 2 heteroatoms. The summed E-state index contributed by atoms with van der Waals surface area (Å²) in [4.78, 5) is 13.2. The lowest BCUT2D eigenvalue weighted by Gasteiger charge is -2.72. The van der Waals surface area contributed by atoms with Crippen molar-refractivity contribution in [3.63, 3.8) is 0 Å². The second-order valence-electron chi connectivity index (χ2n) is 14.5. The van der Waals surface area contributed by atoms with Crippen molar-refractivity contribution in [1.29, 1.82) is 0 Å². The van der Waals surface area contributed by atoms with Crippen LogP contribution < -0.4 is 0 Å². The van der Waals surface area contributed by atoms with E-state index in [2.05, 4.69) is 53.9 Å². The van der Waals surface area contributed by atoms with Gasteiger partial charge in [0.15, 0.2) is 0 Å². The SMILES string of the molecule is C=C[C@@]1(C)C2CC[C@]3(C)C(CCC4C5C(C(=C)C)CC[C@]5(C(C)=O)CC[C@]43C)[C@@]2(C)CC[C@@H]1O. The van der Waals surface area contributed by atoms with Gasteiger partial charge in [0.05, 0.1) is 6.10 Å². The molecule has 0 aromatic rings. The predicted molar refractivity (Wildman–Crippen MR) is 140 cm³/mol. The van der Waals surface area contributed by atoms with Crippen molar-refractivity contribution in [3.05, 3.63) is 24.8 Å². The summed E-state index contributed by atoms with van der Waals surface area (Å²) in [5, 5.41) is 11.0. The van der Waals surface area contributed by atoms with Crippen LogP contribution in [0.5, 0.6) is 0 Å². The minimum absolute atomic E-state index is 0.103. The number of carbonyl (C=O) groups is 1. The lowest BCUT2D eigenvalue weighted by atomic mass is 9.32. The van der Waals surface area contributed by atoms with Crippen molar-refractivity contribution in [3.8, 4) is 0 Å². The molecule has 5 rings (SSSR count). The Balaban J connectivity index is 1.57. The zero-order valence-electron chi connectivity index (χ0n) is 22.9. The van der Waals surface area contributed by atoms with E-state index in [-0.39, 0.29) is 33.2 Å². The maximum atomic E-state index is 13.2. The topological polar surface area (TPSA) is 37.3 Å². The number of hydrogen-bond donors (Lipinski definition) is 1. The van der Waals surface area contributed by atoms with Gasteiger partial charge in [0.25, 0.3) is 0 Å². The van der Waals surface area contributed by atoms with Crippen LogP contribution in [0.1, 0.15) is 106 Å². The van der Waals surface area contributed by atoms with Crippen LogP contribution in [-0.2, 0) is 4.79 Å². The first kappa shape index (κ1) is 24.8. The number of aliphatic hydroxyl groups excluding tert-OH is 1. The van der Waals surface area contributed by atoms with Gasteiger partial charge >= 0.3 is 0 Å². The van der Waals surface area contributed by atoms with E-state index in [9.17, 15) is 9.90 Å². The fraction of sp³-hybridized carbons (Fsp3) is 0.844. The van der Waals surface area contributed by atoms with Crippen molar-refractivity contribution < 1.29 is 9.90 Å². The highest BCUT2D eigenvalue weighted by Crippen LogP contribution is 2.77. The maximum absolute atomic E-state index is 13.2. The van der Waals surface area contributed by atoms with Crippen LogP contribution in [-0.4, -0.2) is 17.0 Å². The Hall–Kier alpha value is -0.890. The number of aliphatic hydroxyl groups is 1. The van der Waals surface area contributed by atoms with Gasteiger partial charge in [-0.05, 0) is 124 Å². The minimum atomic E-state index is -0.264. The van der Waals surface area contributed by atoms with Gasteiger partial charge in [-0.2, -0.15) is 0 Å². The molecular formula is C32H50O2. The summed E-state index contributed by atoms with van der Waals surface area (Å²) in [5.74, 6) is 3.26. The molecule has 34 heavy (non-hydrogen) atoms. The number of allylic oxidation sites excluding steroid dienone is 1. The molecular weight excluding hydrogens is 416 g/mol. The van der Waals surface area contributed by atoms with E-state index in [1.54, 1.807) is 0 Å². The summed E-state index contributed by atoms with van der Waals surface area (Å²) in [6.07, 6.45) is 13.4. The molecule has 2 nitrogen and oxygen atoms in total. The fourth-order valence-electron chi connectivity index (χ4n) is 11.7. The van der Waals surface area contributed by atoms with Gasteiger partial charge in [-0.15, -0.1) is 6.58 Å². The van der Waals surface area contributed by atoms with Crippen molar-refractivity contribution >= 4 is 5.78 Å². The molecule has 0 saturated heterocycles. The first-order valence-corrected chi connectivity index (χ1v) is 14.3. The number of ketones is 1. The zero-order valence-corrected chi connectivity index (χ0v) is 22.9. The molecule has 190 valence electrons. The number of fused-ring (bicyclic) bond motifs is 7. The fourth-order valence-corrected chi connectivity index (χ4v) is 11.7. The third-order valence-electron chi connectivity index (χ3n) is 13.9. The summed E-state index contributed by atoms with van der Waals surface area (Å²) in [7, 11) is 0. The smallest absolute Gasteiger partial charge is 0.136 e. The lowest BCUT2D eigenvalue weighted by molar-refractivity contribution is -0.242. The molecule has 5 aliphatic rings. The quantitative estimate of drug-likeness (QED) is 0.432. The van der Waals surface area contributed by atoms with Crippen molar-refractivity contribution in [1.82, 2.24) is 0 Å². The molecule has 0 aliphatic heterocycles. The highest BCUT2D eigenvalue weighted by Gasteiger charge is 2.71. The molecule has 0 aromatic carbocycles. The van der Waals surface area contributed by atoms with Gasteiger partial charge in [0.1, 0.15) is 5.78 Å². The monoisotopic (exact) mass is 466 g/mol. The van der Waals surface area contributed by atoms with Crippen molar-refractivity contribution in [2.24, 2.45) is 56.7 Å². The standard InChI is InChI=1S/C32H50O2/c1-9-28(5)24-13-16-31(8)25(29(24,6)15-14-26(28)34)11-10-23-27-22(20(2)3)12-17-32(27,21(4)33)19-18-30(23,31)7/h9,22-27,34H,1-2,10-19H2,3-8H3/t22?,23?,24?,25?,26-,27?,28-,29-,30+,31+,32+/m0/s1. The summed E-state index contributed by atoms with van der Waals surface area (Å²) in [5.41, 5.74) is 1.83. The molecule has 5 aliphatic carbocycles. The summed E-state index contributed by atoms with van der Waals surface area (Å²) >= 11 is 0. The van der Waals surface area contributed by atoms with Gasteiger partial charge in [-0.25, -0.2) is 0 Å². The van der Waals surface area contributed by atoms with Crippen LogP contribution in [0.25, 0.3) is 0 Å². The maximum Gasteiger partial charge on any atom is 0.136 e. The first-order valence-electron chi connectivity index (χ1n) is 14.3. The van der Waals surface area contributed by atoms with E-state index in [4.69, 9.17) is 0 Å². The molecule has 0 radical (unpaired) electrons. The molecule has 0 heterocycles. The second-order valence-corrected chi connectivity index (χ2v) is 14.5. The largest absolute Gasteiger partial charge is 0.392 e. The molecule has 0 spiro atoms. The highest BCUT2D eigenvalue weighted by atomic mass is 16.3. The summed E-state index contributed by atoms with van der Waals surface area (Å²) < 4.78 is 0. The summed E-state index contributed by atoms with van der Waals surface area (Å²) in [6, 6.07) is 0. The van der Waals surface area contributed by atoms with E-state index in [1.807, 2.05) is 6.92 Å². The van der Waals surface area contributed by atoms with Crippen LogP contribution in [0.3, 0.4) is 0 Å². The van der Waals surface area contributed by atoms with E-state index in [0.717, 1.165) is 32.1 Å². The normalized spacial score (nSPS) is 56.4. The van der Waals surface area contributed by atoms with Gasteiger partial charge in [-0.1, -0.05) is 45.9 Å². The molecule has 5 saturated carbocycles. The Morgan fingerprint density at radius 1 is 0.853 bits per heavy atom. The highest BCUT2D eigenvalue weighted by molar-refractivity contribution is 5.83. The number of Topliss-reactive ketones (excluding diaryl/α,β-unsaturated/α-hetero) is 1. The Bertz CT molecular complexity index is 905. The average Bonchev–Trinajstić information content (AvgIpc) is 3.18. The van der Waals surface area contributed by atoms with Gasteiger partial charge < -0.3 is 5.11 Å². The Morgan fingerprint density at radius 3 is 2.18 bits per heavy atom. The molecule has 11 atom stereocenters. The predicted octanol–water partition coefficient (Wildman–Crippen LogP) is 7.76. The molecule has 0 bridgehead atoms. The van der Waals surface area contributed by atoms with Crippen molar-refractivity contribution in [2.75, 3.05) is 0 Å². The molecule has 0 aromatic heterocycles. The number of rotatable bonds is 3. The molecule has 1 N–H and O–H groups in total. The molecule has 0 amide bonds. The molecule has 5 fully saturated rings. The van der Waals surface area contributed by atoms with E-state index in [0.29, 0.717) is 35.4 Å². The summed E-state index contributed by atoms with van der Waals surface area (Å²) in [6.45, 7) is 22.9. The third-order valence-corrected chi connectivity index (χ3v) is 13.9. The van der Waals surface area contributed by atoms with Crippen LogP contribution in [0.15, 0.2) is 24.8 Å². The van der Waals surface area contributed by atoms with Crippen LogP contribution in [0.4, 0.5) is 0 Å². The molecule has 5 unspecified atom stereocenters. The number of hydrogen-bond acceptors (Lipinski definition) is 2. The first-order chi connectivity index (χ1) is 15.8. The zero-order chi connectivity index (χ0) is 24.9. The minimum Gasteiger partial charge on any atom is -0.392 e. The Morgan fingerprint density at radius 2 is 1.56 bits per heavy atom. The number of carbonyl (C=O) groups excluding carboxylic acids is 1. The van der Waals surface area contributed by atoms with Crippen LogP contribution >= 0.6 is 0 Å². The van der Waals surface area contributed by atoms with Gasteiger partial charge in [0.2, 0.25) is 0 Å². The third kappa shape index (κ3) is 2.76. The van der Waals surface area contributed by atoms with E-state index < -0.39 is 0 Å². The van der Waals surface area contributed by atoms with E-state index in [1.165, 1.54) is 37.7 Å². The Labute approximate surface area is 209 Å².